The lowest BCUT2D eigenvalue weighted by molar-refractivity contribution is 0.635. The minimum absolute atomic E-state index is 0.308. The van der Waals surface area contributed by atoms with E-state index < -0.39 is 0 Å². The van der Waals surface area contributed by atoms with Gasteiger partial charge in [0.1, 0.15) is 0 Å². The Morgan fingerprint density at radius 3 is 2.83 bits per heavy atom. The molecule has 4 nitrogen and oxygen atoms in total. The van der Waals surface area contributed by atoms with E-state index in [1.807, 2.05) is 11.8 Å². The second-order valence-corrected chi connectivity index (χ2v) is 7.00. The summed E-state index contributed by atoms with van der Waals surface area (Å²) in [5.74, 6) is 2.16. The Morgan fingerprint density at radius 2 is 2.22 bits per heavy atom. The number of anilines is 1. The highest BCUT2D eigenvalue weighted by Gasteiger charge is 2.27. The molecular formula is C13H22N4S. The van der Waals surface area contributed by atoms with E-state index >= 15 is 0 Å². The maximum Gasteiger partial charge on any atom is 0.151 e. The summed E-state index contributed by atoms with van der Waals surface area (Å²) in [5, 5.41) is 11.9. The molecule has 1 aliphatic rings. The molecule has 0 spiro atoms. The summed E-state index contributed by atoms with van der Waals surface area (Å²) in [7, 11) is 0. The highest BCUT2D eigenvalue weighted by Crippen LogP contribution is 2.31. The summed E-state index contributed by atoms with van der Waals surface area (Å²) in [4.78, 5) is 2.33. The first-order valence-electron chi connectivity index (χ1n) is 6.53. The van der Waals surface area contributed by atoms with Crippen molar-refractivity contribution in [3.8, 4) is 0 Å². The van der Waals surface area contributed by atoms with Crippen LogP contribution in [0.3, 0.4) is 0 Å². The van der Waals surface area contributed by atoms with E-state index in [1.54, 1.807) is 0 Å². The van der Waals surface area contributed by atoms with Crippen LogP contribution in [0.2, 0.25) is 0 Å². The highest BCUT2D eigenvalue weighted by atomic mass is 32.2. The Labute approximate surface area is 114 Å². The zero-order valence-corrected chi connectivity index (χ0v) is 12.3. The van der Waals surface area contributed by atoms with Gasteiger partial charge in [0, 0.05) is 30.1 Å². The number of nitrogens with one attached hydrogen (secondary N) is 1. The molecule has 0 unspecified atom stereocenters. The van der Waals surface area contributed by atoms with Gasteiger partial charge < -0.3 is 10.2 Å². The molecule has 1 aliphatic heterocycles. The van der Waals surface area contributed by atoms with Gasteiger partial charge >= 0.3 is 0 Å². The van der Waals surface area contributed by atoms with Gasteiger partial charge in [-0.25, -0.2) is 0 Å². The first-order chi connectivity index (χ1) is 8.61. The second kappa shape index (κ2) is 5.89. The fourth-order valence-electron chi connectivity index (χ4n) is 2.08. The molecule has 1 N–H and O–H groups in total. The molecule has 1 fully saturated rings. The molecule has 2 rings (SSSR count). The molecule has 18 heavy (non-hydrogen) atoms. The summed E-state index contributed by atoms with van der Waals surface area (Å²) in [5.41, 5.74) is 1.01. The van der Waals surface area contributed by atoms with Crippen LogP contribution >= 0.6 is 11.8 Å². The van der Waals surface area contributed by atoms with Crippen molar-refractivity contribution in [2.45, 2.75) is 32.1 Å². The number of nitrogens with zero attached hydrogens (tertiary/aromatic N) is 3. The summed E-state index contributed by atoms with van der Waals surface area (Å²) < 4.78 is 0.308. The molecule has 1 aromatic rings. The van der Waals surface area contributed by atoms with Crippen LogP contribution < -0.4 is 10.2 Å². The van der Waals surface area contributed by atoms with Crippen molar-refractivity contribution in [1.82, 2.24) is 15.5 Å². The largest absolute Gasteiger partial charge is 0.353 e. The summed E-state index contributed by atoms with van der Waals surface area (Å²) in [6.07, 6.45) is 0. The molecule has 5 heteroatoms. The third kappa shape index (κ3) is 3.59. The fraction of sp³-hybridized carbons (Fsp3) is 0.692. The van der Waals surface area contributed by atoms with E-state index in [1.165, 1.54) is 0 Å². The zero-order chi connectivity index (χ0) is 13.0. The normalized spacial score (nSPS) is 18.9. The van der Waals surface area contributed by atoms with Crippen LogP contribution in [0.1, 0.15) is 26.5 Å². The van der Waals surface area contributed by atoms with E-state index in [0.717, 1.165) is 43.4 Å². The summed E-state index contributed by atoms with van der Waals surface area (Å²) in [6, 6.07) is 4.16. The van der Waals surface area contributed by atoms with Crippen LogP contribution in [0.5, 0.6) is 0 Å². The van der Waals surface area contributed by atoms with Crippen LogP contribution in [0.25, 0.3) is 0 Å². The van der Waals surface area contributed by atoms with Gasteiger partial charge in [-0.15, -0.1) is 5.10 Å². The first kappa shape index (κ1) is 13.6. The van der Waals surface area contributed by atoms with Crippen molar-refractivity contribution in [2.24, 2.45) is 0 Å². The van der Waals surface area contributed by atoms with Crippen LogP contribution in [-0.4, -0.2) is 40.3 Å². The Balaban J connectivity index is 2.00. The molecule has 0 radical (unpaired) electrons. The topological polar surface area (TPSA) is 41.0 Å². The number of rotatable bonds is 4. The van der Waals surface area contributed by atoms with E-state index in [2.05, 4.69) is 53.3 Å². The molecular weight excluding hydrogens is 244 g/mol. The maximum atomic E-state index is 4.35. The van der Waals surface area contributed by atoms with Crippen LogP contribution in [-0.2, 0) is 6.54 Å². The Bertz CT molecular complexity index is 377. The van der Waals surface area contributed by atoms with Crippen molar-refractivity contribution in [1.29, 1.82) is 0 Å². The lowest BCUT2D eigenvalue weighted by Crippen LogP contribution is -2.43. The zero-order valence-electron chi connectivity index (χ0n) is 11.4. The van der Waals surface area contributed by atoms with E-state index in [4.69, 9.17) is 0 Å². The number of aromatic nitrogens is 2. The summed E-state index contributed by atoms with van der Waals surface area (Å²) >= 11 is 2.03. The quantitative estimate of drug-likeness (QED) is 0.901. The molecule has 2 heterocycles. The molecule has 0 saturated carbocycles. The standard InChI is InChI=1S/C13H22N4S/c1-4-14-9-11-5-6-12(16-15-11)17-7-8-18-13(2,3)10-17/h5-6,14H,4,7-10H2,1-3H3. The van der Waals surface area contributed by atoms with Crippen LogP contribution in [0, 0.1) is 0 Å². The van der Waals surface area contributed by atoms with Crippen molar-refractivity contribution >= 4 is 17.6 Å². The minimum atomic E-state index is 0.308. The monoisotopic (exact) mass is 266 g/mol. The minimum Gasteiger partial charge on any atom is -0.353 e. The van der Waals surface area contributed by atoms with E-state index in [9.17, 15) is 0 Å². The predicted octanol–water partition coefficient (Wildman–Crippen LogP) is 1.92. The van der Waals surface area contributed by atoms with Gasteiger partial charge in [0.15, 0.2) is 5.82 Å². The van der Waals surface area contributed by atoms with Crippen LogP contribution in [0.4, 0.5) is 5.82 Å². The molecule has 0 amide bonds. The van der Waals surface area contributed by atoms with Gasteiger partial charge in [-0.05, 0) is 32.5 Å². The first-order valence-corrected chi connectivity index (χ1v) is 7.51. The van der Waals surface area contributed by atoms with Gasteiger partial charge in [0.2, 0.25) is 0 Å². The van der Waals surface area contributed by atoms with E-state index in [-0.39, 0.29) is 0 Å². The highest BCUT2D eigenvalue weighted by molar-refractivity contribution is 8.00. The van der Waals surface area contributed by atoms with Crippen molar-refractivity contribution < 1.29 is 0 Å². The smallest absolute Gasteiger partial charge is 0.151 e. The maximum absolute atomic E-state index is 4.35. The third-order valence-corrected chi connectivity index (χ3v) is 4.31. The average Bonchev–Trinajstić information content (AvgIpc) is 2.36. The predicted molar refractivity (Wildman–Crippen MR) is 78.2 cm³/mol. The molecule has 1 aromatic heterocycles. The van der Waals surface area contributed by atoms with Gasteiger partial charge in [-0.1, -0.05) is 6.92 Å². The number of thioether (sulfide) groups is 1. The number of hydrogen-bond donors (Lipinski definition) is 1. The molecule has 0 bridgehead atoms. The van der Waals surface area contributed by atoms with Crippen molar-refractivity contribution in [2.75, 3.05) is 30.3 Å². The SMILES string of the molecule is CCNCc1ccc(N2CCSC(C)(C)C2)nn1. The van der Waals surface area contributed by atoms with Gasteiger partial charge in [-0.3, -0.25) is 0 Å². The van der Waals surface area contributed by atoms with Crippen LogP contribution in [0.15, 0.2) is 12.1 Å². The third-order valence-electron chi connectivity index (χ3n) is 3.01. The summed E-state index contributed by atoms with van der Waals surface area (Å²) in [6.45, 7) is 10.5. The second-order valence-electron chi connectivity index (χ2n) is 5.19. The molecule has 1 saturated heterocycles. The van der Waals surface area contributed by atoms with Gasteiger partial charge in [-0.2, -0.15) is 16.9 Å². The lowest BCUT2D eigenvalue weighted by atomic mass is 10.2. The Hall–Kier alpha value is -0.810. The van der Waals surface area contributed by atoms with Crippen molar-refractivity contribution in [3.05, 3.63) is 17.8 Å². The number of hydrogen-bond acceptors (Lipinski definition) is 5. The Morgan fingerprint density at radius 1 is 1.39 bits per heavy atom. The van der Waals surface area contributed by atoms with Crippen molar-refractivity contribution in [3.63, 3.8) is 0 Å². The molecule has 0 atom stereocenters. The lowest BCUT2D eigenvalue weighted by Gasteiger charge is -2.37. The fourth-order valence-corrected chi connectivity index (χ4v) is 3.19. The molecule has 0 aliphatic carbocycles. The molecule has 0 aromatic carbocycles. The van der Waals surface area contributed by atoms with E-state index in [0.29, 0.717) is 4.75 Å². The average molecular weight is 266 g/mol. The Kier molecular flexibility index (Phi) is 4.45. The van der Waals surface area contributed by atoms with Gasteiger partial charge in [0.05, 0.1) is 5.69 Å². The van der Waals surface area contributed by atoms with Gasteiger partial charge in [0.25, 0.3) is 0 Å². The molecule has 100 valence electrons.